The Balaban J connectivity index is 1.54. The Morgan fingerprint density at radius 1 is 1.12 bits per heavy atom. The summed E-state index contributed by atoms with van der Waals surface area (Å²) in [5, 5.41) is 3.67. The summed E-state index contributed by atoms with van der Waals surface area (Å²) in [6, 6.07) is 0.888. The third-order valence-corrected chi connectivity index (χ3v) is 4.00. The molecular weight excluding hydrogens is 196 g/mol. The van der Waals surface area contributed by atoms with Crippen molar-refractivity contribution < 1.29 is 0 Å². The Hall–Kier alpha value is -0.0800. The van der Waals surface area contributed by atoms with Crippen molar-refractivity contribution in [2.75, 3.05) is 26.2 Å². The van der Waals surface area contributed by atoms with Crippen molar-refractivity contribution in [2.45, 2.75) is 52.0 Å². The fourth-order valence-electron chi connectivity index (χ4n) is 2.48. The van der Waals surface area contributed by atoms with Gasteiger partial charge in [-0.2, -0.15) is 0 Å². The standard InChI is InChI=1S/C14H28N2/c1-12(2)5-8-16-9-6-13(7-10-16)11-15-14-3-4-14/h12-15H,3-11H2,1-2H3. The maximum Gasteiger partial charge on any atom is 0.00683 e. The van der Waals surface area contributed by atoms with Crippen LogP contribution in [0.15, 0.2) is 0 Å². The fourth-order valence-corrected chi connectivity index (χ4v) is 2.48. The summed E-state index contributed by atoms with van der Waals surface area (Å²) >= 11 is 0. The average molecular weight is 224 g/mol. The molecule has 0 amide bonds. The number of likely N-dealkylation sites (tertiary alicyclic amines) is 1. The van der Waals surface area contributed by atoms with Crippen molar-refractivity contribution in [1.29, 1.82) is 0 Å². The Kier molecular flexibility index (Phi) is 4.66. The van der Waals surface area contributed by atoms with Gasteiger partial charge in [0.15, 0.2) is 0 Å². The Bertz CT molecular complexity index is 177. The van der Waals surface area contributed by atoms with E-state index < -0.39 is 0 Å². The molecule has 16 heavy (non-hydrogen) atoms. The topological polar surface area (TPSA) is 15.3 Å². The number of hydrogen-bond donors (Lipinski definition) is 1. The van der Waals surface area contributed by atoms with Crippen LogP contribution >= 0.6 is 0 Å². The quantitative estimate of drug-likeness (QED) is 0.746. The summed E-state index contributed by atoms with van der Waals surface area (Å²) in [7, 11) is 0. The van der Waals surface area contributed by atoms with Crippen LogP contribution in [0, 0.1) is 11.8 Å². The third kappa shape index (κ3) is 4.42. The predicted molar refractivity (Wildman–Crippen MR) is 69.6 cm³/mol. The van der Waals surface area contributed by atoms with Gasteiger partial charge in [0.25, 0.3) is 0 Å². The summed E-state index contributed by atoms with van der Waals surface area (Å²) in [5.41, 5.74) is 0. The van der Waals surface area contributed by atoms with Crippen LogP contribution < -0.4 is 5.32 Å². The highest BCUT2D eigenvalue weighted by Crippen LogP contribution is 2.22. The van der Waals surface area contributed by atoms with Crippen molar-refractivity contribution in [3.8, 4) is 0 Å². The molecule has 0 bridgehead atoms. The zero-order valence-electron chi connectivity index (χ0n) is 11.0. The molecule has 0 spiro atoms. The number of rotatable bonds is 6. The number of nitrogens with one attached hydrogen (secondary N) is 1. The molecule has 94 valence electrons. The lowest BCUT2D eigenvalue weighted by molar-refractivity contribution is 0.174. The molecule has 0 unspecified atom stereocenters. The molecule has 0 aromatic heterocycles. The Morgan fingerprint density at radius 3 is 2.38 bits per heavy atom. The minimum Gasteiger partial charge on any atom is -0.314 e. The van der Waals surface area contributed by atoms with Gasteiger partial charge in [-0.1, -0.05) is 13.8 Å². The minimum atomic E-state index is 0.856. The molecule has 2 rings (SSSR count). The minimum absolute atomic E-state index is 0.856. The molecule has 0 aromatic carbocycles. The normalized spacial score (nSPS) is 24.2. The molecule has 0 radical (unpaired) electrons. The molecule has 1 saturated carbocycles. The van der Waals surface area contributed by atoms with E-state index in [4.69, 9.17) is 0 Å². The highest BCUT2D eigenvalue weighted by Gasteiger charge is 2.24. The van der Waals surface area contributed by atoms with Crippen LogP contribution in [0.25, 0.3) is 0 Å². The van der Waals surface area contributed by atoms with Crippen LogP contribution in [0.3, 0.4) is 0 Å². The fraction of sp³-hybridized carbons (Fsp3) is 1.00. The third-order valence-electron chi connectivity index (χ3n) is 4.00. The zero-order chi connectivity index (χ0) is 11.4. The molecule has 0 aromatic rings. The molecule has 2 fully saturated rings. The zero-order valence-corrected chi connectivity index (χ0v) is 11.0. The maximum absolute atomic E-state index is 3.67. The van der Waals surface area contributed by atoms with E-state index in [2.05, 4.69) is 24.1 Å². The van der Waals surface area contributed by atoms with Gasteiger partial charge in [0.05, 0.1) is 0 Å². The molecule has 1 N–H and O–H groups in total. The van der Waals surface area contributed by atoms with Crippen molar-refractivity contribution >= 4 is 0 Å². The number of nitrogens with zero attached hydrogens (tertiary/aromatic N) is 1. The lowest BCUT2D eigenvalue weighted by Crippen LogP contribution is -2.38. The van der Waals surface area contributed by atoms with Crippen molar-refractivity contribution in [3.63, 3.8) is 0 Å². The van der Waals surface area contributed by atoms with Gasteiger partial charge in [0.1, 0.15) is 0 Å². The van der Waals surface area contributed by atoms with Crippen LogP contribution in [-0.2, 0) is 0 Å². The molecule has 1 aliphatic heterocycles. The van der Waals surface area contributed by atoms with Crippen LogP contribution in [-0.4, -0.2) is 37.1 Å². The van der Waals surface area contributed by atoms with Gasteiger partial charge in [-0.05, 0) is 70.1 Å². The molecule has 1 saturated heterocycles. The number of piperidine rings is 1. The van der Waals surface area contributed by atoms with Gasteiger partial charge in [-0.25, -0.2) is 0 Å². The van der Waals surface area contributed by atoms with Crippen LogP contribution in [0.5, 0.6) is 0 Å². The van der Waals surface area contributed by atoms with Crippen molar-refractivity contribution in [2.24, 2.45) is 11.8 Å². The first-order chi connectivity index (χ1) is 7.74. The predicted octanol–water partition coefficient (Wildman–Crippen LogP) is 2.50. The summed E-state index contributed by atoms with van der Waals surface area (Å²) in [5.74, 6) is 1.81. The van der Waals surface area contributed by atoms with Crippen molar-refractivity contribution in [1.82, 2.24) is 10.2 Å². The van der Waals surface area contributed by atoms with Gasteiger partial charge < -0.3 is 10.2 Å². The van der Waals surface area contributed by atoms with Crippen LogP contribution in [0.2, 0.25) is 0 Å². The second kappa shape index (κ2) is 6.02. The Morgan fingerprint density at radius 2 is 1.81 bits per heavy atom. The lowest BCUT2D eigenvalue weighted by atomic mass is 9.96. The summed E-state index contributed by atoms with van der Waals surface area (Å²) in [6.07, 6.45) is 7.04. The van der Waals surface area contributed by atoms with Gasteiger partial charge in [-0.15, -0.1) is 0 Å². The summed E-state index contributed by atoms with van der Waals surface area (Å²) in [6.45, 7) is 9.93. The van der Waals surface area contributed by atoms with E-state index in [0.717, 1.165) is 17.9 Å². The monoisotopic (exact) mass is 224 g/mol. The SMILES string of the molecule is CC(C)CCN1CCC(CNC2CC2)CC1. The first-order valence-electron chi connectivity index (χ1n) is 7.20. The number of hydrogen-bond acceptors (Lipinski definition) is 2. The molecule has 1 heterocycles. The average Bonchev–Trinajstić information content (AvgIpc) is 3.09. The highest BCUT2D eigenvalue weighted by atomic mass is 15.1. The first-order valence-corrected chi connectivity index (χ1v) is 7.20. The Labute approximate surface area is 101 Å². The summed E-state index contributed by atoms with van der Waals surface area (Å²) < 4.78 is 0. The second-order valence-electron chi connectivity index (χ2n) is 6.15. The van der Waals surface area contributed by atoms with E-state index in [1.807, 2.05) is 0 Å². The lowest BCUT2D eigenvalue weighted by Gasteiger charge is -2.32. The van der Waals surface area contributed by atoms with Gasteiger partial charge in [0, 0.05) is 6.04 Å². The largest absolute Gasteiger partial charge is 0.314 e. The van der Waals surface area contributed by atoms with Crippen molar-refractivity contribution in [3.05, 3.63) is 0 Å². The van der Waals surface area contributed by atoms with E-state index in [0.29, 0.717) is 0 Å². The molecule has 2 heteroatoms. The second-order valence-corrected chi connectivity index (χ2v) is 6.15. The van der Waals surface area contributed by atoms with Gasteiger partial charge in [0.2, 0.25) is 0 Å². The van der Waals surface area contributed by atoms with E-state index in [9.17, 15) is 0 Å². The summed E-state index contributed by atoms with van der Waals surface area (Å²) in [4.78, 5) is 2.66. The molecule has 1 aliphatic carbocycles. The van der Waals surface area contributed by atoms with E-state index >= 15 is 0 Å². The molecule has 2 nitrogen and oxygen atoms in total. The van der Waals surface area contributed by atoms with E-state index in [1.165, 1.54) is 58.3 Å². The first kappa shape index (κ1) is 12.4. The highest BCUT2D eigenvalue weighted by molar-refractivity contribution is 4.83. The van der Waals surface area contributed by atoms with Gasteiger partial charge >= 0.3 is 0 Å². The molecule has 2 aliphatic rings. The van der Waals surface area contributed by atoms with E-state index in [-0.39, 0.29) is 0 Å². The van der Waals surface area contributed by atoms with Crippen LogP contribution in [0.4, 0.5) is 0 Å². The molecule has 0 atom stereocenters. The van der Waals surface area contributed by atoms with Crippen LogP contribution in [0.1, 0.15) is 46.0 Å². The van der Waals surface area contributed by atoms with Gasteiger partial charge in [-0.3, -0.25) is 0 Å². The maximum atomic E-state index is 3.67. The smallest absolute Gasteiger partial charge is 0.00683 e. The van der Waals surface area contributed by atoms with E-state index in [1.54, 1.807) is 0 Å². The molecular formula is C14H28N2.